The molecule has 0 atom stereocenters. The molecule has 1 fully saturated rings. The number of thioether (sulfide) groups is 1. The molecule has 4 nitrogen and oxygen atoms in total. The number of morpholine rings is 1. The maximum Gasteiger partial charge on any atom is 0.234 e. The van der Waals surface area contributed by atoms with Gasteiger partial charge < -0.3 is 15.0 Å². The zero-order valence-corrected chi connectivity index (χ0v) is 13.7. The van der Waals surface area contributed by atoms with Crippen molar-refractivity contribution in [3.63, 3.8) is 0 Å². The Labute approximate surface area is 140 Å². The van der Waals surface area contributed by atoms with Crippen LogP contribution in [0.2, 0.25) is 0 Å². The highest BCUT2D eigenvalue weighted by molar-refractivity contribution is 8.00. The number of benzene rings is 2. The van der Waals surface area contributed by atoms with E-state index in [2.05, 4.69) is 16.3 Å². The first-order chi connectivity index (χ1) is 11.3. The van der Waals surface area contributed by atoms with Gasteiger partial charge in [-0.25, -0.2) is 0 Å². The van der Waals surface area contributed by atoms with Gasteiger partial charge in [0.15, 0.2) is 0 Å². The van der Waals surface area contributed by atoms with Gasteiger partial charge in [-0.1, -0.05) is 24.3 Å². The molecule has 2 aromatic rings. The van der Waals surface area contributed by atoms with E-state index >= 15 is 0 Å². The summed E-state index contributed by atoms with van der Waals surface area (Å²) in [5.41, 5.74) is 1.97. The van der Waals surface area contributed by atoms with E-state index in [-0.39, 0.29) is 5.91 Å². The van der Waals surface area contributed by atoms with E-state index in [4.69, 9.17) is 4.74 Å². The highest BCUT2D eigenvalue weighted by atomic mass is 32.2. The highest BCUT2D eigenvalue weighted by Crippen LogP contribution is 2.21. The minimum Gasteiger partial charge on any atom is -0.378 e. The van der Waals surface area contributed by atoms with Crippen LogP contribution in [0.5, 0.6) is 0 Å². The van der Waals surface area contributed by atoms with E-state index in [1.54, 1.807) is 11.8 Å². The number of nitrogens with one attached hydrogen (secondary N) is 1. The summed E-state index contributed by atoms with van der Waals surface area (Å²) in [6.45, 7) is 3.29. The van der Waals surface area contributed by atoms with Crippen LogP contribution in [0.3, 0.4) is 0 Å². The summed E-state index contributed by atoms with van der Waals surface area (Å²) >= 11 is 1.54. The maximum atomic E-state index is 12.1. The molecule has 0 aromatic heterocycles. The van der Waals surface area contributed by atoms with E-state index in [9.17, 15) is 4.79 Å². The van der Waals surface area contributed by atoms with Crippen molar-refractivity contribution in [2.75, 3.05) is 42.3 Å². The van der Waals surface area contributed by atoms with Crippen molar-refractivity contribution in [2.45, 2.75) is 4.90 Å². The fraction of sp³-hybridized carbons (Fsp3) is 0.278. The number of amides is 1. The number of anilines is 2. The van der Waals surface area contributed by atoms with Gasteiger partial charge in [0.05, 0.1) is 19.0 Å². The van der Waals surface area contributed by atoms with Crippen molar-refractivity contribution in [3.8, 4) is 0 Å². The molecule has 1 aliphatic heterocycles. The van der Waals surface area contributed by atoms with Crippen molar-refractivity contribution in [2.24, 2.45) is 0 Å². The molecular weight excluding hydrogens is 308 g/mol. The Hall–Kier alpha value is -1.98. The summed E-state index contributed by atoms with van der Waals surface area (Å²) in [6, 6.07) is 17.9. The van der Waals surface area contributed by atoms with Crippen molar-refractivity contribution >= 4 is 29.0 Å². The first-order valence-corrected chi connectivity index (χ1v) is 8.70. The number of hydrogen-bond acceptors (Lipinski definition) is 4. The molecule has 1 saturated heterocycles. The Morgan fingerprint density at radius 3 is 2.65 bits per heavy atom. The molecule has 1 amide bonds. The predicted molar refractivity (Wildman–Crippen MR) is 95.3 cm³/mol. The third-order valence-electron chi connectivity index (χ3n) is 3.62. The number of rotatable bonds is 5. The summed E-state index contributed by atoms with van der Waals surface area (Å²) in [4.78, 5) is 15.5. The second-order valence-electron chi connectivity index (χ2n) is 5.30. The molecule has 120 valence electrons. The fourth-order valence-corrected chi connectivity index (χ4v) is 3.18. The summed E-state index contributed by atoms with van der Waals surface area (Å²) in [6.07, 6.45) is 0. The standard InChI is InChI=1S/C18H20N2O2S/c21-18(14-23-17-7-2-1-3-8-17)19-15-5-4-6-16(13-15)20-9-11-22-12-10-20/h1-8,13H,9-12,14H2,(H,19,21). The fourth-order valence-electron chi connectivity index (χ4n) is 2.46. The van der Waals surface area contributed by atoms with E-state index in [0.29, 0.717) is 5.75 Å². The minimum absolute atomic E-state index is 0.0120. The van der Waals surface area contributed by atoms with Crippen LogP contribution in [0.25, 0.3) is 0 Å². The molecule has 23 heavy (non-hydrogen) atoms. The van der Waals surface area contributed by atoms with E-state index in [0.717, 1.165) is 42.6 Å². The van der Waals surface area contributed by atoms with Crippen LogP contribution in [-0.2, 0) is 9.53 Å². The quantitative estimate of drug-likeness (QED) is 0.856. The molecule has 3 rings (SSSR count). The number of ether oxygens (including phenoxy) is 1. The van der Waals surface area contributed by atoms with Crippen molar-refractivity contribution < 1.29 is 9.53 Å². The monoisotopic (exact) mass is 328 g/mol. The van der Waals surface area contributed by atoms with Gasteiger partial charge in [-0.2, -0.15) is 0 Å². The third-order valence-corrected chi connectivity index (χ3v) is 4.63. The molecule has 0 unspecified atom stereocenters. The van der Waals surface area contributed by atoms with Gasteiger partial charge in [0.25, 0.3) is 0 Å². The molecule has 5 heteroatoms. The topological polar surface area (TPSA) is 41.6 Å². The summed E-state index contributed by atoms with van der Waals surface area (Å²) in [5, 5.41) is 2.97. The average Bonchev–Trinajstić information content (AvgIpc) is 2.62. The zero-order chi connectivity index (χ0) is 15.9. The van der Waals surface area contributed by atoms with Gasteiger partial charge in [-0.3, -0.25) is 4.79 Å². The van der Waals surface area contributed by atoms with Crippen molar-refractivity contribution in [3.05, 3.63) is 54.6 Å². The minimum atomic E-state index is 0.0120. The van der Waals surface area contributed by atoms with Gasteiger partial charge in [0.1, 0.15) is 0 Å². The Bertz CT molecular complexity index is 642. The Morgan fingerprint density at radius 1 is 1.09 bits per heavy atom. The molecule has 0 radical (unpaired) electrons. The average molecular weight is 328 g/mol. The van der Waals surface area contributed by atoms with Gasteiger partial charge in [-0.05, 0) is 30.3 Å². The molecule has 0 saturated carbocycles. The van der Waals surface area contributed by atoms with Crippen LogP contribution in [0.1, 0.15) is 0 Å². The molecule has 1 heterocycles. The van der Waals surface area contributed by atoms with Crippen LogP contribution in [0, 0.1) is 0 Å². The number of nitrogens with zero attached hydrogens (tertiary/aromatic N) is 1. The molecule has 1 N–H and O–H groups in total. The second-order valence-corrected chi connectivity index (χ2v) is 6.35. The SMILES string of the molecule is O=C(CSc1ccccc1)Nc1cccc(N2CCOCC2)c1. The molecule has 2 aromatic carbocycles. The molecule has 0 bridgehead atoms. The van der Waals surface area contributed by atoms with Crippen LogP contribution in [0.4, 0.5) is 11.4 Å². The normalized spacial score (nSPS) is 14.5. The highest BCUT2D eigenvalue weighted by Gasteiger charge is 2.12. The lowest BCUT2D eigenvalue weighted by atomic mass is 10.2. The van der Waals surface area contributed by atoms with Crippen LogP contribution >= 0.6 is 11.8 Å². The van der Waals surface area contributed by atoms with E-state index in [1.165, 1.54) is 0 Å². The van der Waals surface area contributed by atoms with Crippen LogP contribution in [-0.4, -0.2) is 38.0 Å². The lowest BCUT2D eigenvalue weighted by molar-refractivity contribution is -0.113. The van der Waals surface area contributed by atoms with Gasteiger partial charge in [0.2, 0.25) is 5.91 Å². The smallest absolute Gasteiger partial charge is 0.234 e. The Morgan fingerprint density at radius 2 is 1.87 bits per heavy atom. The lowest BCUT2D eigenvalue weighted by Gasteiger charge is -2.29. The van der Waals surface area contributed by atoms with Gasteiger partial charge >= 0.3 is 0 Å². The Kier molecular flexibility index (Phi) is 5.56. The lowest BCUT2D eigenvalue weighted by Crippen LogP contribution is -2.36. The summed E-state index contributed by atoms with van der Waals surface area (Å²) in [5.74, 6) is 0.421. The summed E-state index contributed by atoms with van der Waals surface area (Å²) in [7, 11) is 0. The number of carbonyl (C=O) groups excluding carboxylic acids is 1. The number of carbonyl (C=O) groups is 1. The predicted octanol–water partition coefficient (Wildman–Crippen LogP) is 3.25. The second kappa shape index (κ2) is 8.04. The summed E-state index contributed by atoms with van der Waals surface area (Å²) < 4.78 is 5.38. The number of hydrogen-bond donors (Lipinski definition) is 1. The van der Waals surface area contributed by atoms with Crippen molar-refractivity contribution in [1.82, 2.24) is 0 Å². The van der Waals surface area contributed by atoms with Gasteiger partial charge in [0, 0.05) is 29.4 Å². The molecule has 1 aliphatic rings. The first-order valence-electron chi connectivity index (χ1n) is 7.72. The van der Waals surface area contributed by atoms with Gasteiger partial charge in [-0.15, -0.1) is 11.8 Å². The van der Waals surface area contributed by atoms with Crippen molar-refractivity contribution in [1.29, 1.82) is 0 Å². The van der Waals surface area contributed by atoms with Crippen LogP contribution in [0.15, 0.2) is 59.5 Å². The maximum absolute atomic E-state index is 12.1. The molecular formula is C18H20N2O2S. The van der Waals surface area contributed by atoms with Crippen LogP contribution < -0.4 is 10.2 Å². The molecule has 0 spiro atoms. The third kappa shape index (κ3) is 4.74. The first kappa shape index (κ1) is 15.9. The van der Waals surface area contributed by atoms with E-state index < -0.39 is 0 Å². The van der Waals surface area contributed by atoms with E-state index in [1.807, 2.05) is 48.5 Å². The zero-order valence-electron chi connectivity index (χ0n) is 12.9. The molecule has 0 aliphatic carbocycles. The Balaban J connectivity index is 1.55. The largest absolute Gasteiger partial charge is 0.378 e.